The third kappa shape index (κ3) is 4.52. The van der Waals surface area contributed by atoms with Crippen LogP contribution in [0.25, 0.3) is 0 Å². The molecule has 0 amide bonds. The lowest BCUT2D eigenvalue weighted by Gasteiger charge is -2.33. The Labute approximate surface area is 243 Å². The molecule has 0 aliphatic heterocycles. The van der Waals surface area contributed by atoms with Crippen LogP contribution in [0.1, 0.15) is 73.5 Å². The van der Waals surface area contributed by atoms with Gasteiger partial charge in [-0.25, -0.2) is 14.2 Å². The van der Waals surface area contributed by atoms with E-state index in [2.05, 4.69) is 59.0 Å². The Morgan fingerprint density at radius 3 is 1.57 bits per heavy atom. The fourth-order valence-corrected chi connectivity index (χ4v) is 6.28. The molecule has 0 unspecified atom stereocenters. The number of aliphatic hydroxyl groups is 1. The zero-order valence-corrected chi connectivity index (χ0v) is 23.1. The number of carbonyl (C=O) groups excluding carboxylic acids is 1. The molecule has 0 bridgehead atoms. The number of aliphatic hydroxyl groups excluding tert-OH is 1. The van der Waals surface area contributed by atoms with Gasteiger partial charge in [0.15, 0.2) is 0 Å². The van der Waals surface area contributed by atoms with E-state index in [0.29, 0.717) is 18.7 Å². The van der Waals surface area contributed by atoms with E-state index in [0.717, 1.165) is 39.5 Å². The lowest BCUT2D eigenvalue weighted by Crippen LogP contribution is -2.26. The summed E-state index contributed by atoms with van der Waals surface area (Å²) in [5.74, 6) is -0.465. The quantitative estimate of drug-likeness (QED) is 0.346. The van der Waals surface area contributed by atoms with E-state index in [1.54, 1.807) is 12.1 Å². The van der Waals surface area contributed by atoms with Crippen molar-refractivity contribution in [3.8, 4) is 0 Å². The Bertz CT molecular complexity index is 1740. The van der Waals surface area contributed by atoms with Crippen molar-refractivity contribution in [3.63, 3.8) is 0 Å². The minimum absolute atomic E-state index is 0.0162. The first kappa shape index (κ1) is 26.0. The van der Waals surface area contributed by atoms with E-state index < -0.39 is 0 Å². The number of aromatic nitrogens is 6. The van der Waals surface area contributed by atoms with Crippen LogP contribution in [0.5, 0.6) is 0 Å². The molecule has 0 saturated heterocycles. The average molecular weight is 559 g/mol. The van der Waals surface area contributed by atoms with Gasteiger partial charge in [0.25, 0.3) is 0 Å². The number of ether oxygens (including phenoxy) is 1. The highest BCUT2D eigenvalue weighted by Gasteiger charge is 2.42. The molecule has 4 aromatic rings. The van der Waals surface area contributed by atoms with E-state index in [1.165, 1.54) is 7.11 Å². The van der Waals surface area contributed by atoms with Crippen molar-refractivity contribution in [2.45, 2.75) is 43.4 Å². The summed E-state index contributed by atoms with van der Waals surface area (Å²) in [5, 5.41) is 28.4. The van der Waals surface area contributed by atoms with Crippen molar-refractivity contribution in [1.82, 2.24) is 30.0 Å². The topological polar surface area (TPSA) is 108 Å². The third-order valence-electron chi connectivity index (χ3n) is 8.38. The fourth-order valence-electron chi connectivity index (χ4n) is 6.28. The summed E-state index contributed by atoms with van der Waals surface area (Å²) in [7, 11) is 1.38. The van der Waals surface area contributed by atoms with Crippen molar-refractivity contribution < 1.29 is 14.6 Å². The Hall–Kier alpha value is -4.89. The van der Waals surface area contributed by atoms with E-state index in [9.17, 15) is 9.90 Å². The van der Waals surface area contributed by atoms with Gasteiger partial charge in [-0.1, -0.05) is 95.4 Å². The van der Waals surface area contributed by atoms with Crippen LogP contribution < -0.4 is 0 Å². The fraction of sp³-hybridized carbons (Fsp3) is 0.242. The van der Waals surface area contributed by atoms with Crippen molar-refractivity contribution in [2.24, 2.45) is 0 Å². The number of hydrogen-bond donors (Lipinski definition) is 1. The van der Waals surface area contributed by atoms with Crippen molar-refractivity contribution in [3.05, 3.63) is 142 Å². The van der Waals surface area contributed by atoms with Gasteiger partial charge in [0.1, 0.15) is 0 Å². The molecule has 210 valence electrons. The van der Waals surface area contributed by atoms with Crippen LogP contribution in [0.3, 0.4) is 0 Å². The maximum Gasteiger partial charge on any atom is 0.337 e. The molecule has 9 heteroatoms. The molecule has 0 saturated carbocycles. The van der Waals surface area contributed by atoms with Crippen LogP contribution in [0, 0.1) is 0 Å². The summed E-state index contributed by atoms with van der Waals surface area (Å²) in [5.41, 5.74) is 7.55. The Morgan fingerprint density at radius 1 is 0.690 bits per heavy atom. The van der Waals surface area contributed by atoms with Gasteiger partial charge < -0.3 is 9.84 Å². The zero-order chi connectivity index (χ0) is 28.6. The van der Waals surface area contributed by atoms with Gasteiger partial charge in [-0.3, -0.25) is 0 Å². The van der Waals surface area contributed by atoms with E-state index in [-0.39, 0.29) is 36.2 Å². The van der Waals surface area contributed by atoms with Crippen LogP contribution in [0.4, 0.5) is 0 Å². The number of benzene rings is 2. The first-order chi connectivity index (χ1) is 20.6. The van der Waals surface area contributed by atoms with Crippen LogP contribution in [-0.4, -0.2) is 48.2 Å². The third-order valence-corrected chi connectivity index (χ3v) is 8.38. The lowest BCUT2D eigenvalue weighted by atomic mass is 9.72. The highest BCUT2D eigenvalue weighted by molar-refractivity contribution is 5.89. The molecule has 3 aliphatic rings. The van der Waals surface area contributed by atoms with Gasteiger partial charge in [0.05, 0.1) is 55.1 Å². The van der Waals surface area contributed by atoms with Crippen molar-refractivity contribution in [1.29, 1.82) is 0 Å². The number of rotatable bonds is 6. The highest BCUT2D eigenvalue weighted by Crippen LogP contribution is 2.49. The predicted molar refractivity (Wildman–Crippen MR) is 156 cm³/mol. The molecule has 2 aromatic carbocycles. The molecule has 0 spiro atoms. The number of carbonyl (C=O) groups is 1. The van der Waals surface area contributed by atoms with Gasteiger partial charge in [-0.15, -0.1) is 10.2 Å². The maximum atomic E-state index is 11.9. The largest absolute Gasteiger partial charge is 0.465 e. The summed E-state index contributed by atoms with van der Waals surface area (Å²) >= 11 is 0. The summed E-state index contributed by atoms with van der Waals surface area (Å²) in [6.45, 7) is 1.11. The Morgan fingerprint density at radius 2 is 1.12 bits per heavy atom. The minimum atomic E-state index is -0.358. The molecule has 2 heterocycles. The Kier molecular flexibility index (Phi) is 6.71. The summed E-state index contributed by atoms with van der Waals surface area (Å²) < 4.78 is 8.88. The first-order valence-electron chi connectivity index (χ1n) is 14.1. The second kappa shape index (κ2) is 10.8. The Balaban J connectivity index is 1.32. The van der Waals surface area contributed by atoms with E-state index in [4.69, 9.17) is 14.9 Å². The minimum Gasteiger partial charge on any atom is -0.465 e. The second-order valence-corrected chi connectivity index (χ2v) is 10.8. The first-order valence-corrected chi connectivity index (χ1v) is 14.1. The number of esters is 1. The molecular formula is C33H30N6O3. The molecule has 7 rings (SSSR count). The molecule has 0 radical (unpaired) electrons. The molecule has 1 N–H and O–H groups in total. The number of fused-ring (bicyclic) bond motifs is 8. The number of hydrogen-bond acceptors (Lipinski definition) is 7. The second-order valence-electron chi connectivity index (χ2n) is 10.8. The van der Waals surface area contributed by atoms with Gasteiger partial charge in [0.2, 0.25) is 0 Å². The smallest absolute Gasteiger partial charge is 0.337 e. The molecule has 42 heavy (non-hydrogen) atoms. The average Bonchev–Trinajstić information content (AvgIpc) is 3.64. The maximum absolute atomic E-state index is 11.9. The van der Waals surface area contributed by atoms with Crippen LogP contribution in [0.2, 0.25) is 0 Å². The summed E-state index contributed by atoms with van der Waals surface area (Å²) in [4.78, 5) is 11.9. The van der Waals surface area contributed by atoms with E-state index in [1.807, 2.05) is 45.8 Å². The standard InChI is InChI=1S/C33H30N6O3/c1-42-33(41)24-16-14-22(15-17-24)19-39-32-28-9-5-4-8-27(28)31-29(25-6-2-3-7-26(25)30(32)35-37-39)34-36-38(31)18-21-10-12-23(20-40)13-11-21/h2-17,25-28,40H,18-20H2,1H3/t25-,26+,27+,28-/m0/s1. The number of allylic oxidation sites excluding steroid dienone is 8. The predicted octanol–water partition coefficient (Wildman–Crippen LogP) is 4.55. The monoisotopic (exact) mass is 558 g/mol. The van der Waals surface area contributed by atoms with Gasteiger partial charge in [-0.05, 0) is 28.8 Å². The van der Waals surface area contributed by atoms with Gasteiger partial charge in [-0.2, -0.15) is 0 Å². The molecule has 3 aliphatic carbocycles. The van der Waals surface area contributed by atoms with Crippen molar-refractivity contribution in [2.75, 3.05) is 7.11 Å². The van der Waals surface area contributed by atoms with Crippen LogP contribution in [0.15, 0.2) is 97.1 Å². The van der Waals surface area contributed by atoms with Crippen LogP contribution >= 0.6 is 0 Å². The van der Waals surface area contributed by atoms with Gasteiger partial charge in [0, 0.05) is 23.7 Å². The number of methoxy groups -OCH3 is 1. The summed E-state index contributed by atoms with van der Waals surface area (Å²) in [6.07, 6.45) is 17.1. The normalized spacial score (nSPS) is 21.6. The van der Waals surface area contributed by atoms with Crippen molar-refractivity contribution >= 4 is 5.97 Å². The SMILES string of the molecule is COC(=O)c1ccc(Cn2nnc3c2[C@H]2C=CC=C[C@H]2c2c(nnn2Cc2ccc(CO)cc2)[C@H]2C=CC=C[C@@H]32)cc1. The van der Waals surface area contributed by atoms with Gasteiger partial charge >= 0.3 is 5.97 Å². The molecule has 2 aromatic heterocycles. The molecular weight excluding hydrogens is 528 g/mol. The highest BCUT2D eigenvalue weighted by atomic mass is 16.5. The van der Waals surface area contributed by atoms with Crippen LogP contribution in [-0.2, 0) is 24.4 Å². The lowest BCUT2D eigenvalue weighted by molar-refractivity contribution is 0.0600. The van der Waals surface area contributed by atoms with E-state index >= 15 is 0 Å². The molecule has 4 atom stereocenters. The summed E-state index contributed by atoms with van der Waals surface area (Å²) in [6, 6.07) is 15.4. The molecule has 0 fully saturated rings. The number of nitrogens with zero attached hydrogens (tertiary/aromatic N) is 6. The molecule has 9 nitrogen and oxygen atoms in total. The zero-order valence-electron chi connectivity index (χ0n) is 23.1.